The number of benzene rings is 1. The molecule has 1 aliphatic rings. The molecule has 0 saturated carbocycles. The minimum atomic E-state index is -0.366. The van der Waals surface area contributed by atoms with Gasteiger partial charge in [0.15, 0.2) is 11.5 Å². The Labute approximate surface area is 145 Å². The Bertz CT molecular complexity index is 734. The number of halogens is 1. The quantitative estimate of drug-likeness (QED) is 0.607. The molecule has 1 aromatic heterocycles. The molecule has 0 spiro atoms. The van der Waals surface area contributed by atoms with E-state index >= 15 is 0 Å². The third-order valence-corrected chi connectivity index (χ3v) is 5.18. The topological polar surface area (TPSA) is 73.6 Å². The van der Waals surface area contributed by atoms with Crippen LogP contribution in [0, 0.1) is 10.1 Å². The van der Waals surface area contributed by atoms with Crippen molar-refractivity contribution in [3.05, 3.63) is 49.3 Å². The highest BCUT2D eigenvalue weighted by atomic mass is 79.9. The van der Waals surface area contributed by atoms with Crippen LogP contribution in [0.2, 0.25) is 0 Å². The van der Waals surface area contributed by atoms with Crippen molar-refractivity contribution in [3.8, 4) is 11.5 Å². The van der Waals surface area contributed by atoms with Crippen LogP contribution in [0.5, 0.6) is 11.5 Å². The maximum absolute atomic E-state index is 10.7. The average molecular weight is 399 g/mol. The predicted octanol–water partition coefficient (Wildman–Crippen LogP) is 4.04. The number of thiophene rings is 1. The number of ether oxygens (including phenoxy) is 2. The van der Waals surface area contributed by atoms with E-state index in [0.29, 0.717) is 19.8 Å². The van der Waals surface area contributed by atoms with Crippen molar-refractivity contribution in [2.75, 3.05) is 13.2 Å². The Hall–Kier alpha value is -1.64. The highest BCUT2D eigenvalue weighted by Crippen LogP contribution is 2.37. The minimum absolute atomic E-state index is 0.0548. The Morgan fingerprint density at radius 3 is 2.70 bits per heavy atom. The minimum Gasteiger partial charge on any atom is -0.486 e. The highest BCUT2D eigenvalue weighted by molar-refractivity contribution is 9.10. The normalized spacial score (nSPS) is 14.5. The molecule has 23 heavy (non-hydrogen) atoms. The molecule has 0 aliphatic carbocycles. The van der Waals surface area contributed by atoms with Crippen molar-refractivity contribution in [3.63, 3.8) is 0 Å². The number of fused-ring (bicyclic) bond motifs is 1. The lowest BCUT2D eigenvalue weighted by Gasteiger charge is -2.22. The van der Waals surface area contributed by atoms with E-state index in [2.05, 4.69) is 21.2 Å². The lowest BCUT2D eigenvalue weighted by Crippen LogP contribution is -2.20. The molecule has 3 rings (SSSR count). The van der Waals surface area contributed by atoms with Gasteiger partial charge in [0.1, 0.15) is 13.2 Å². The summed E-state index contributed by atoms with van der Waals surface area (Å²) in [4.78, 5) is 10.4. The zero-order valence-electron chi connectivity index (χ0n) is 12.4. The molecule has 2 aromatic rings. The molecule has 0 amide bonds. The molecular formula is C15H15BrN2O4S. The lowest BCUT2D eigenvalue weighted by atomic mass is 10.1. The van der Waals surface area contributed by atoms with Crippen LogP contribution in [-0.2, 0) is 6.54 Å². The van der Waals surface area contributed by atoms with Gasteiger partial charge in [0, 0.05) is 28.5 Å². The largest absolute Gasteiger partial charge is 0.486 e. The standard InChI is InChI=1S/C15H15BrN2O4S/c1-9(17-7-10-4-15(18(19)20)23-8-10)11-5-13-14(6-12(11)16)22-3-2-21-13/h4-6,8-9,17H,2-3,7H2,1H3. The van der Waals surface area contributed by atoms with Crippen LogP contribution in [0.1, 0.15) is 24.1 Å². The third-order valence-electron chi connectivity index (χ3n) is 3.56. The number of nitro groups is 1. The van der Waals surface area contributed by atoms with Gasteiger partial charge in [0.05, 0.1) is 4.92 Å². The second-order valence-corrected chi connectivity index (χ2v) is 6.91. The number of nitrogens with zero attached hydrogens (tertiary/aromatic N) is 1. The molecule has 2 heterocycles. The number of rotatable bonds is 5. The van der Waals surface area contributed by atoms with Crippen LogP contribution in [0.4, 0.5) is 5.00 Å². The molecule has 1 unspecified atom stereocenters. The van der Waals surface area contributed by atoms with Crippen LogP contribution in [-0.4, -0.2) is 18.1 Å². The van der Waals surface area contributed by atoms with E-state index in [1.165, 1.54) is 0 Å². The summed E-state index contributed by atoms with van der Waals surface area (Å²) >= 11 is 4.70. The van der Waals surface area contributed by atoms with Crippen LogP contribution in [0.15, 0.2) is 28.1 Å². The van der Waals surface area contributed by atoms with E-state index in [4.69, 9.17) is 9.47 Å². The van der Waals surface area contributed by atoms with Gasteiger partial charge >= 0.3 is 5.00 Å². The van der Waals surface area contributed by atoms with Gasteiger partial charge in [-0.1, -0.05) is 27.3 Å². The fraction of sp³-hybridized carbons (Fsp3) is 0.333. The molecule has 8 heteroatoms. The Morgan fingerprint density at radius 2 is 2.04 bits per heavy atom. The maximum atomic E-state index is 10.7. The van der Waals surface area contributed by atoms with Gasteiger partial charge in [0.2, 0.25) is 0 Å². The molecule has 0 fully saturated rings. The number of nitrogens with one attached hydrogen (secondary N) is 1. The van der Waals surface area contributed by atoms with Crippen LogP contribution < -0.4 is 14.8 Å². The monoisotopic (exact) mass is 398 g/mol. The first-order valence-electron chi connectivity index (χ1n) is 7.09. The van der Waals surface area contributed by atoms with Gasteiger partial charge < -0.3 is 14.8 Å². The van der Waals surface area contributed by atoms with Gasteiger partial charge in [-0.2, -0.15) is 0 Å². The molecular weight excluding hydrogens is 384 g/mol. The SMILES string of the molecule is CC(NCc1csc([N+](=O)[O-])c1)c1cc2c(cc1Br)OCCO2. The van der Waals surface area contributed by atoms with Crippen molar-refractivity contribution in [2.45, 2.75) is 19.5 Å². The molecule has 1 aliphatic heterocycles. The summed E-state index contributed by atoms with van der Waals surface area (Å²) in [5.41, 5.74) is 1.96. The summed E-state index contributed by atoms with van der Waals surface area (Å²) in [6, 6.07) is 5.53. The molecule has 122 valence electrons. The smallest absolute Gasteiger partial charge is 0.324 e. The molecule has 6 nitrogen and oxygen atoms in total. The summed E-state index contributed by atoms with van der Waals surface area (Å²) in [6.07, 6.45) is 0. The van der Waals surface area contributed by atoms with Crippen molar-refractivity contribution >= 4 is 32.3 Å². The Morgan fingerprint density at radius 1 is 1.35 bits per heavy atom. The first-order chi connectivity index (χ1) is 11.0. The van der Waals surface area contributed by atoms with Gasteiger partial charge in [-0.3, -0.25) is 10.1 Å². The highest BCUT2D eigenvalue weighted by Gasteiger charge is 2.18. The van der Waals surface area contributed by atoms with E-state index in [-0.39, 0.29) is 16.0 Å². The Balaban J connectivity index is 1.70. The average Bonchev–Trinajstić information content (AvgIpc) is 3.01. The van der Waals surface area contributed by atoms with Crippen molar-refractivity contribution < 1.29 is 14.4 Å². The van der Waals surface area contributed by atoms with E-state index < -0.39 is 0 Å². The fourth-order valence-electron chi connectivity index (χ4n) is 2.34. The zero-order valence-corrected chi connectivity index (χ0v) is 14.8. The van der Waals surface area contributed by atoms with Gasteiger partial charge in [-0.25, -0.2) is 0 Å². The van der Waals surface area contributed by atoms with Crippen molar-refractivity contribution in [1.82, 2.24) is 5.32 Å². The van der Waals surface area contributed by atoms with Crippen LogP contribution >= 0.6 is 27.3 Å². The van der Waals surface area contributed by atoms with Crippen molar-refractivity contribution in [1.29, 1.82) is 0 Å². The Kier molecular flexibility index (Phi) is 4.84. The molecule has 1 N–H and O–H groups in total. The first kappa shape index (κ1) is 16.2. The zero-order chi connectivity index (χ0) is 16.4. The summed E-state index contributed by atoms with van der Waals surface area (Å²) in [5, 5.41) is 16.1. The number of hydrogen-bond acceptors (Lipinski definition) is 6. The van der Waals surface area contributed by atoms with Gasteiger partial charge in [-0.05, 0) is 30.2 Å². The summed E-state index contributed by atoms with van der Waals surface area (Å²) in [6.45, 7) is 3.71. The van der Waals surface area contributed by atoms with Crippen molar-refractivity contribution in [2.24, 2.45) is 0 Å². The molecule has 0 bridgehead atoms. The van der Waals surface area contributed by atoms with E-state index in [1.54, 1.807) is 11.4 Å². The van der Waals surface area contributed by atoms with Crippen LogP contribution in [0.3, 0.4) is 0 Å². The molecule has 0 saturated heterocycles. The fourth-order valence-corrected chi connectivity index (χ4v) is 3.74. The predicted molar refractivity (Wildman–Crippen MR) is 91.4 cm³/mol. The second kappa shape index (κ2) is 6.86. The second-order valence-electron chi connectivity index (χ2n) is 5.17. The van der Waals surface area contributed by atoms with Crippen LogP contribution in [0.25, 0.3) is 0 Å². The first-order valence-corrected chi connectivity index (χ1v) is 8.76. The van der Waals surface area contributed by atoms with E-state index in [0.717, 1.165) is 38.4 Å². The van der Waals surface area contributed by atoms with Gasteiger partial charge in [-0.15, -0.1) is 0 Å². The van der Waals surface area contributed by atoms with E-state index in [1.807, 2.05) is 19.1 Å². The molecule has 0 radical (unpaired) electrons. The summed E-state index contributed by atoms with van der Waals surface area (Å²) in [7, 11) is 0. The maximum Gasteiger partial charge on any atom is 0.324 e. The van der Waals surface area contributed by atoms with Gasteiger partial charge in [0.25, 0.3) is 0 Å². The molecule has 1 atom stereocenters. The number of hydrogen-bond donors (Lipinski definition) is 1. The van der Waals surface area contributed by atoms with E-state index in [9.17, 15) is 10.1 Å². The summed E-state index contributed by atoms with van der Waals surface area (Å²) in [5.74, 6) is 1.49. The third kappa shape index (κ3) is 3.65. The molecule has 1 aromatic carbocycles. The summed E-state index contributed by atoms with van der Waals surface area (Å²) < 4.78 is 12.1. The lowest BCUT2D eigenvalue weighted by molar-refractivity contribution is -0.380.